The van der Waals surface area contributed by atoms with Crippen LogP contribution >= 0.6 is 0 Å². The van der Waals surface area contributed by atoms with E-state index >= 15 is 0 Å². The van der Waals surface area contributed by atoms with Crippen LogP contribution in [0.5, 0.6) is 5.88 Å². The largest absolute Gasteiger partial charge is 0.494 e. The van der Waals surface area contributed by atoms with Crippen LogP contribution in [0.2, 0.25) is 0 Å². The Bertz CT molecular complexity index is 549. The smallest absolute Gasteiger partial charge is 0.197 e. The van der Waals surface area contributed by atoms with Crippen molar-refractivity contribution in [1.82, 2.24) is 14.3 Å². The minimum atomic E-state index is 0.279. The molecular formula is C14H19N3O. The number of aromatic nitrogens is 2. The lowest BCUT2D eigenvalue weighted by Gasteiger charge is -2.34. The predicted molar refractivity (Wildman–Crippen MR) is 70.7 cm³/mol. The van der Waals surface area contributed by atoms with Gasteiger partial charge in [0.1, 0.15) is 5.82 Å². The van der Waals surface area contributed by atoms with E-state index in [1.165, 1.54) is 12.8 Å². The molecule has 0 aliphatic carbocycles. The maximum atomic E-state index is 10.0. The van der Waals surface area contributed by atoms with Gasteiger partial charge in [-0.1, -0.05) is 19.4 Å². The molecule has 2 aromatic heterocycles. The maximum absolute atomic E-state index is 10.0. The van der Waals surface area contributed by atoms with E-state index in [2.05, 4.69) is 16.8 Å². The first-order valence-corrected chi connectivity index (χ1v) is 6.70. The summed E-state index contributed by atoms with van der Waals surface area (Å²) in [5.41, 5.74) is 0.964. The minimum absolute atomic E-state index is 0.279. The third-order valence-corrected chi connectivity index (χ3v) is 3.88. The lowest BCUT2D eigenvalue weighted by atomic mass is 10.0. The highest BCUT2D eigenvalue weighted by atomic mass is 16.3. The van der Waals surface area contributed by atoms with E-state index in [-0.39, 0.29) is 5.88 Å². The van der Waals surface area contributed by atoms with Gasteiger partial charge in [0.15, 0.2) is 5.88 Å². The molecular weight excluding hydrogens is 226 g/mol. The molecule has 0 saturated carbocycles. The quantitative estimate of drug-likeness (QED) is 0.884. The Morgan fingerprint density at radius 2 is 2.28 bits per heavy atom. The second-order valence-electron chi connectivity index (χ2n) is 4.90. The number of pyridine rings is 1. The predicted octanol–water partition coefficient (Wildman–Crippen LogP) is 2.59. The fourth-order valence-electron chi connectivity index (χ4n) is 2.95. The molecule has 1 saturated heterocycles. The molecule has 3 rings (SSSR count). The van der Waals surface area contributed by atoms with Crippen molar-refractivity contribution in [2.45, 2.75) is 32.2 Å². The van der Waals surface area contributed by atoms with Gasteiger partial charge in [0.25, 0.3) is 0 Å². The monoisotopic (exact) mass is 245 g/mol. The van der Waals surface area contributed by atoms with Crippen molar-refractivity contribution in [3.05, 3.63) is 30.2 Å². The molecule has 4 heteroatoms. The molecule has 0 amide bonds. The summed E-state index contributed by atoms with van der Waals surface area (Å²) >= 11 is 0. The lowest BCUT2D eigenvalue weighted by molar-refractivity contribution is 0.149. The average molecular weight is 245 g/mol. The van der Waals surface area contributed by atoms with Crippen molar-refractivity contribution in [3.8, 4) is 5.88 Å². The van der Waals surface area contributed by atoms with Crippen LogP contribution in [-0.2, 0) is 0 Å². The second-order valence-corrected chi connectivity index (χ2v) is 4.90. The molecule has 3 heterocycles. The molecule has 1 unspecified atom stereocenters. The molecule has 4 nitrogen and oxygen atoms in total. The van der Waals surface area contributed by atoms with Gasteiger partial charge in [-0.05, 0) is 38.1 Å². The molecule has 0 aromatic carbocycles. The molecule has 0 bridgehead atoms. The molecule has 1 atom stereocenters. The molecule has 1 aliphatic rings. The number of hydrogen-bond acceptors (Lipinski definition) is 3. The number of imidazole rings is 1. The summed E-state index contributed by atoms with van der Waals surface area (Å²) in [6.45, 7) is 4.35. The van der Waals surface area contributed by atoms with Gasteiger partial charge in [-0.15, -0.1) is 0 Å². The normalized spacial score (nSPS) is 21.5. The van der Waals surface area contributed by atoms with E-state index in [4.69, 9.17) is 0 Å². The van der Waals surface area contributed by atoms with Crippen molar-refractivity contribution < 1.29 is 5.11 Å². The molecule has 2 aromatic rings. The highest BCUT2D eigenvalue weighted by Crippen LogP contribution is 2.31. The Hall–Kier alpha value is -1.55. The van der Waals surface area contributed by atoms with E-state index < -0.39 is 0 Å². The molecule has 0 radical (unpaired) electrons. The number of piperidine rings is 1. The average Bonchev–Trinajstić information content (AvgIpc) is 2.84. The van der Waals surface area contributed by atoms with Crippen LogP contribution in [0.25, 0.3) is 5.52 Å². The third-order valence-electron chi connectivity index (χ3n) is 3.88. The molecule has 1 fully saturated rings. The Kier molecular flexibility index (Phi) is 2.96. The van der Waals surface area contributed by atoms with Gasteiger partial charge in [-0.2, -0.15) is 0 Å². The Morgan fingerprint density at radius 3 is 3.11 bits per heavy atom. The van der Waals surface area contributed by atoms with E-state index in [9.17, 15) is 5.11 Å². The first kappa shape index (κ1) is 11.5. The standard InChI is InChI=1S/C14H19N3O/c1-2-16-9-4-3-7-12(16)14-15-10-11-6-5-8-13(18)17(11)14/h5-6,8,10,12,18H,2-4,7,9H2,1H3. The van der Waals surface area contributed by atoms with Crippen LogP contribution in [0.1, 0.15) is 38.1 Å². The van der Waals surface area contributed by atoms with E-state index in [1.54, 1.807) is 6.07 Å². The molecule has 1 N–H and O–H groups in total. The van der Waals surface area contributed by atoms with Gasteiger partial charge in [-0.25, -0.2) is 4.98 Å². The maximum Gasteiger partial charge on any atom is 0.197 e. The number of nitrogens with zero attached hydrogens (tertiary/aromatic N) is 3. The van der Waals surface area contributed by atoms with Gasteiger partial charge < -0.3 is 5.11 Å². The summed E-state index contributed by atoms with van der Waals surface area (Å²) in [6.07, 6.45) is 5.47. The zero-order valence-corrected chi connectivity index (χ0v) is 10.7. The Balaban J connectivity index is 2.07. The fraction of sp³-hybridized carbons (Fsp3) is 0.500. The summed E-state index contributed by atoms with van der Waals surface area (Å²) in [4.78, 5) is 6.99. The highest BCUT2D eigenvalue weighted by molar-refractivity contribution is 5.49. The van der Waals surface area contributed by atoms with Gasteiger partial charge in [0.2, 0.25) is 0 Å². The number of likely N-dealkylation sites (tertiary alicyclic amines) is 1. The number of fused-ring (bicyclic) bond motifs is 1. The lowest BCUT2D eigenvalue weighted by Crippen LogP contribution is -2.34. The highest BCUT2D eigenvalue weighted by Gasteiger charge is 2.26. The molecule has 0 spiro atoms. The first-order valence-electron chi connectivity index (χ1n) is 6.70. The van der Waals surface area contributed by atoms with E-state index in [0.717, 1.165) is 30.9 Å². The summed E-state index contributed by atoms with van der Waals surface area (Å²) in [5, 5.41) is 10.0. The van der Waals surface area contributed by atoms with E-state index in [0.29, 0.717) is 6.04 Å². The Morgan fingerprint density at radius 1 is 1.39 bits per heavy atom. The fourth-order valence-corrected chi connectivity index (χ4v) is 2.95. The van der Waals surface area contributed by atoms with Crippen LogP contribution in [0, 0.1) is 0 Å². The first-order chi connectivity index (χ1) is 8.81. The van der Waals surface area contributed by atoms with Gasteiger partial charge in [0.05, 0.1) is 17.8 Å². The van der Waals surface area contributed by atoms with Crippen LogP contribution in [0.3, 0.4) is 0 Å². The minimum Gasteiger partial charge on any atom is -0.494 e. The zero-order chi connectivity index (χ0) is 12.5. The van der Waals surface area contributed by atoms with E-state index in [1.807, 2.05) is 22.7 Å². The summed E-state index contributed by atoms with van der Waals surface area (Å²) in [7, 11) is 0. The number of aromatic hydroxyl groups is 1. The van der Waals surface area contributed by atoms with Crippen LogP contribution in [0.4, 0.5) is 0 Å². The van der Waals surface area contributed by atoms with Gasteiger partial charge in [-0.3, -0.25) is 9.30 Å². The SMILES string of the molecule is CCN1CCCCC1c1ncc2cccc(O)n12. The summed E-state index contributed by atoms with van der Waals surface area (Å²) < 4.78 is 1.87. The van der Waals surface area contributed by atoms with Crippen LogP contribution in [-0.4, -0.2) is 32.5 Å². The Labute approximate surface area is 107 Å². The topological polar surface area (TPSA) is 40.8 Å². The zero-order valence-electron chi connectivity index (χ0n) is 10.7. The van der Waals surface area contributed by atoms with Crippen LogP contribution in [0.15, 0.2) is 24.4 Å². The van der Waals surface area contributed by atoms with Crippen molar-refractivity contribution in [3.63, 3.8) is 0 Å². The van der Waals surface area contributed by atoms with Gasteiger partial charge >= 0.3 is 0 Å². The van der Waals surface area contributed by atoms with Crippen molar-refractivity contribution in [2.75, 3.05) is 13.1 Å². The molecule has 18 heavy (non-hydrogen) atoms. The third kappa shape index (κ3) is 1.77. The summed E-state index contributed by atoms with van der Waals surface area (Å²) in [6, 6.07) is 5.89. The number of rotatable bonds is 2. The number of hydrogen-bond donors (Lipinski definition) is 1. The van der Waals surface area contributed by atoms with Crippen molar-refractivity contribution in [1.29, 1.82) is 0 Å². The molecule has 1 aliphatic heterocycles. The van der Waals surface area contributed by atoms with Crippen LogP contribution < -0.4 is 0 Å². The summed E-state index contributed by atoms with van der Waals surface area (Å²) in [5.74, 6) is 1.26. The van der Waals surface area contributed by atoms with Crippen molar-refractivity contribution >= 4 is 5.52 Å². The van der Waals surface area contributed by atoms with Gasteiger partial charge in [0, 0.05) is 0 Å². The van der Waals surface area contributed by atoms with Crippen molar-refractivity contribution in [2.24, 2.45) is 0 Å². The second kappa shape index (κ2) is 4.61. The molecule has 96 valence electrons.